The summed E-state index contributed by atoms with van der Waals surface area (Å²) in [6.07, 6.45) is 1.59. The van der Waals surface area contributed by atoms with Crippen LogP contribution < -0.4 is 5.56 Å². The molecule has 0 N–H and O–H groups in total. The fourth-order valence-electron chi connectivity index (χ4n) is 3.32. The van der Waals surface area contributed by atoms with Crippen molar-refractivity contribution in [3.8, 4) is 0 Å². The van der Waals surface area contributed by atoms with Gasteiger partial charge in [0.25, 0.3) is 5.56 Å². The molecular formula is C21H17ClF2N4OS. The lowest BCUT2D eigenvalue weighted by Crippen LogP contribution is -2.23. The monoisotopic (exact) mass is 446 g/mol. The Hall–Kier alpha value is -2.71. The van der Waals surface area contributed by atoms with Crippen molar-refractivity contribution in [1.29, 1.82) is 0 Å². The second kappa shape index (κ2) is 8.20. The molecule has 0 amide bonds. The minimum atomic E-state index is -2.74. The van der Waals surface area contributed by atoms with E-state index in [2.05, 4.69) is 16.5 Å². The zero-order valence-electron chi connectivity index (χ0n) is 15.9. The molecule has 4 aromatic rings. The summed E-state index contributed by atoms with van der Waals surface area (Å²) in [5.41, 5.74) is 1.05. The van der Waals surface area contributed by atoms with Crippen LogP contribution >= 0.6 is 23.4 Å². The number of nitrogens with zero attached hydrogens (tertiary/aromatic N) is 4. The second-order valence-electron chi connectivity index (χ2n) is 6.63. The molecule has 4 rings (SSSR count). The minimum Gasteiger partial charge on any atom is -0.283 e. The third-order valence-electron chi connectivity index (χ3n) is 4.66. The summed E-state index contributed by atoms with van der Waals surface area (Å²) in [4.78, 5) is 22.0. The minimum absolute atomic E-state index is 0.210. The molecule has 0 bridgehead atoms. The Kier molecular flexibility index (Phi) is 5.62. The van der Waals surface area contributed by atoms with Gasteiger partial charge in [-0.3, -0.25) is 13.9 Å². The highest BCUT2D eigenvalue weighted by Gasteiger charge is 2.24. The van der Waals surface area contributed by atoms with Crippen LogP contribution in [-0.2, 0) is 6.54 Å². The molecule has 9 heteroatoms. The zero-order chi connectivity index (χ0) is 21.4. The van der Waals surface area contributed by atoms with Gasteiger partial charge in [0.2, 0.25) is 0 Å². The average Bonchev–Trinajstić information content (AvgIpc) is 3.10. The summed E-state index contributed by atoms with van der Waals surface area (Å²) >= 11 is 7.25. The number of alkyl halides is 2. The normalized spacial score (nSPS) is 12.7. The molecule has 30 heavy (non-hydrogen) atoms. The van der Waals surface area contributed by atoms with Crippen LogP contribution in [0.4, 0.5) is 8.78 Å². The van der Waals surface area contributed by atoms with Gasteiger partial charge < -0.3 is 0 Å². The standard InChI is InChI=1S/C21H17ClF2N4OS/c1-3-10-27-19(29)14-9-8-13(22)11-16(14)26-21(27)30-12(2)18-25-15-6-4-5-7-17(15)28(18)20(23)24/h3-9,11-12,20H,1,10H2,2H3. The number of imidazole rings is 1. The van der Waals surface area contributed by atoms with Gasteiger partial charge in [-0.25, -0.2) is 9.97 Å². The van der Waals surface area contributed by atoms with Crippen molar-refractivity contribution in [2.45, 2.75) is 30.4 Å². The van der Waals surface area contributed by atoms with Crippen molar-refractivity contribution in [2.75, 3.05) is 0 Å². The Morgan fingerprint density at radius 3 is 2.70 bits per heavy atom. The lowest BCUT2D eigenvalue weighted by atomic mass is 10.2. The number of allylic oxidation sites excluding steroid dienone is 1. The summed E-state index contributed by atoms with van der Waals surface area (Å²) in [6.45, 7) is 2.96. The number of fused-ring (bicyclic) bond motifs is 2. The highest BCUT2D eigenvalue weighted by Crippen LogP contribution is 2.37. The summed E-state index contributed by atoms with van der Waals surface area (Å²) in [6, 6.07) is 11.6. The van der Waals surface area contributed by atoms with Gasteiger partial charge in [-0.2, -0.15) is 8.78 Å². The molecule has 0 saturated carbocycles. The summed E-state index contributed by atoms with van der Waals surface area (Å²) in [5.74, 6) is 0.210. The maximum atomic E-state index is 13.8. The number of aromatic nitrogens is 4. The molecule has 154 valence electrons. The first-order valence-electron chi connectivity index (χ1n) is 9.13. The van der Waals surface area contributed by atoms with Crippen molar-refractivity contribution < 1.29 is 8.78 Å². The van der Waals surface area contributed by atoms with Gasteiger partial charge >= 0.3 is 6.55 Å². The van der Waals surface area contributed by atoms with E-state index < -0.39 is 11.8 Å². The van der Waals surface area contributed by atoms with Crippen LogP contribution in [0.15, 0.2) is 65.1 Å². The van der Waals surface area contributed by atoms with E-state index in [1.807, 2.05) is 0 Å². The highest BCUT2D eigenvalue weighted by atomic mass is 35.5. The van der Waals surface area contributed by atoms with Crippen LogP contribution in [-0.4, -0.2) is 19.1 Å². The fraction of sp³-hybridized carbons (Fsp3) is 0.190. The van der Waals surface area contributed by atoms with Gasteiger partial charge in [0.15, 0.2) is 5.16 Å². The van der Waals surface area contributed by atoms with E-state index in [1.165, 1.54) is 16.3 Å². The number of rotatable bonds is 6. The number of hydrogen-bond donors (Lipinski definition) is 0. The lowest BCUT2D eigenvalue weighted by molar-refractivity contribution is 0.0715. The molecule has 2 aromatic heterocycles. The summed E-state index contributed by atoms with van der Waals surface area (Å²) < 4.78 is 30.0. The van der Waals surface area contributed by atoms with Gasteiger partial charge in [-0.1, -0.05) is 41.6 Å². The zero-order valence-corrected chi connectivity index (χ0v) is 17.5. The average molecular weight is 447 g/mol. The Labute approximate surface area is 180 Å². The van der Waals surface area contributed by atoms with Crippen molar-refractivity contribution in [3.63, 3.8) is 0 Å². The SMILES string of the molecule is C=CCn1c(SC(C)c2nc3ccccc3n2C(F)F)nc2cc(Cl)ccc2c1=O. The first kappa shape index (κ1) is 20.6. The Morgan fingerprint density at radius 2 is 1.97 bits per heavy atom. The third-order valence-corrected chi connectivity index (χ3v) is 5.98. The van der Waals surface area contributed by atoms with Crippen LogP contribution in [0.25, 0.3) is 21.9 Å². The molecule has 1 unspecified atom stereocenters. The number of halogens is 3. The van der Waals surface area contributed by atoms with Crippen LogP contribution in [0.2, 0.25) is 5.02 Å². The highest BCUT2D eigenvalue weighted by molar-refractivity contribution is 7.99. The maximum Gasteiger partial charge on any atom is 0.320 e. The van der Waals surface area contributed by atoms with Gasteiger partial charge in [-0.05, 0) is 37.3 Å². The first-order chi connectivity index (χ1) is 14.4. The van der Waals surface area contributed by atoms with Gasteiger partial charge in [0.1, 0.15) is 5.82 Å². The molecule has 0 aliphatic carbocycles. The van der Waals surface area contributed by atoms with Crippen LogP contribution in [0.3, 0.4) is 0 Å². The van der Waals surface area contributed by atoms with Crippen LogP contribution in [0, 0.1) is 0 Å². The molecular weight excluding hydrogens is 430 g/mol. The van der Waals surface area contributed by atoms with Gasteiger partial charge in [0.05, 0.1) is 27.2 Å². The molecule has 0 saturated heterocycles. The van der Waals surface area contributed by atoms with Crippen molar-refractivity contribution in [3.05, 3.63) is 76.3 Å². The smallest absolute Gasteiger partial charge is 0.283 e. The first-order valence-corrected chi connectivity index (χ1v) is 10.4. The number of thioether (sulfide) groups is 1. The summed E-state index contributed by atoms with van der Waals surface area (Å²) in [7, 11) is 0. The van der Waals surface area contributed by atoms with E-state index in [0.29, 0.717) is 32.1 Å². The van der Waals surface area contributed by atoms with E-state index in [-0.39, 0.29) is 17.9 Å². The molecule has 1 atom stereocenters. The topological polar surface area (TPSA) is 52.7 Å². The second-order valence-corrected chi connectivity index (χ2v) is 8.37. The van der Waals surface area contributed by atoms with Crippen molar-refractivity contribution in [2.24, 2.45) is 0 Å². The Bertz CT molecular complexity index is 1320. The van der Waals surface area contributed by atoms with Crippen molar-refractivity contribution in [1.82, 2.24) is 19.1 Å². The predicted molar refractivity (Wildman–Crippen MR) is 116 cm³/mol. The number of benzene rings is 2. The number of hydrogen-bond acceptors (Lipinski definition) is 4. The summed E-state index contributed by atoms with van der Waals surface area (Å²) in [5, 5.41) is 0.776. The third kappa shape index (κ3) is 3.61. The van der Waals surface area contributed by atoms with E-state index in [9.17, 15) is 13.6 Å². The molecule has 0 spiro atoms. The van der Waals surface area contributed by atoms with Gasteiger partial charge in [0, 0.05) is 11.6 Å². The molecule has 0 radical (unpaired) electrons. The molecule has 0 aliphatic rings. The maximum absolute atomic E-state index is 13.8. The predicted octanol–water partition coefficient (Wildman–Crippen LogP) is 5.83. The largest absolute Gasteiger partial charge is 0.320 e. The van der Waals surface area contributed by atoms with Crippen molar-refractivity contribution >= 4 is 45.3 Å². The lowest BCUT2D eigenvalue weighted by Gasteiger charge is -2.16. The number of para-hydroxylation sites is 2. The molecule has 5 nitrogen and oxygen atoms in total. The van der Waals surface area contributed by atoms with Gasteiger partial charge in [-0.15, -0.1) is 6.58 Å². The van der Waals surface area contributed by atoms with E-state index >= 15 is 0 Å². The van der Waals surface area contributed by atoms with Crippen LogP contribution in [0.1, 0.15) is 24.5 Å². The molecule has 0 fully saturated rings. The quantitative estimate of drug-likeness (QED) is 0.212. The Morgan fingerprint density at radius 1 is 1.20 bits per heavy atom. The fourth-order valence-corrected chi connectivity index (χ4v) is 4.51. The van der Waals surface area contributed by atoms with E-state index in [0.717, 1.165) is 4.57 Å². The van der Waals surface area contributed by atoms with E-state index in [4.69, 9.17) is 11.6 Å². The van der Waals surface area contributed by atoms with E-state index in [1.54, 1.807) is 55.5 Å². The molecule has 2 aromatic carbocycles. The Balaban J connectivity index is 1.83. The molecule has 0 aliphatic heterocycles. The molecule has 2 heterocycles. The van der Waals surface area contributed by atoms with Crippen LogP contribution in [0.5, 0.6) is 0 Å².